The molecule has 1 fully saturated rings. The molecule has 1 N–H and O–H groups in total. The van der Waals surface area contributed by atoms with Gasteiger partial charge in [0, 0.05) is 29.6 Å². The van der Waals surface area contributed by atoms with Gasteiger partial charge in [0.15, 0.2) is 11.5 Å². The number of amides is 1. The number of ether oxygens (including phenoxy) is 3. The third kappa shape index (κ3) is 5.18. The van der Waals surface area contributed by atoms with Crippen LogP contribution in [0.25, 0.3) is 0 Å². The third-order valence-electron chi connectivity index (χ3n) is 5.55. The summed E-state index contributed by atoms with van der Waals surface area (Å²) < 4.78 is 16.2. The number of rotatable bonds is 8. The van der Waals surface area contributed by atoms with E-state index in [0.29, 0.717) is 23.8 Å². The van der Waals surface area contributed by atoms with Gasteiger partial charge < -0.3 is 19.5 Å². The molecule has 0 aromatic heterocycles. The average Bonchev–Trinajstić information content (AvgIpc) is 2.78. The molecular weight excluding hydrogens is 404 g/mol. The molecule has 1 heterocycles. The van der Waals surface area contributed by atoms with Gasteiger partial charge in [-0.3, -0.25) is 9.69 Å². The Kier molecular flexibility index (Phi) is 7.82. The Hall–Kier alpha value is -2.44. The van der Waals surface area contributed by atoms with Crippen molar-refractivity contribution >= 4 is 17.5 Å². The lowest BCUT2D eigenvalue weighted by Crippen LogP contribution is -2.40. The lowest BCUT2D eigenvalue weighted by Gasteiger charge is -2.31. The number of piperidine rings is 1. The van der Waals surface area contributed by atoms with Crippen molar-refractivity contribution in [1.29, 1.82) is 0 Å². The lowest BCUT2D eigenvalue weighted by atomic mass is 9.95. The van der Waals surface area contributed by atoms with Gasteiger partial charge in [-0.1, -0.05) is 29.8 Å². The highest BCUT2D eigenvalue weighted by atomic mass is 35.5. The fourth-order valence-electron chi connectivity index (χ4n) is 3.85. The summed E-state index contributed by atoms with van der Waals surface area (Å²) in [7, 11) is 4.73. The van der Waals surface area contributed by atoms with Crippen molar-refractivity contribution in [3.63, 3.8) is 0 Å². The van der Waals surface area contributed by atoms with E-state index in [0.717, 1.165) is 48.6 Å². The van der Waals surface area contributed by atoms with Gasteiger partial charge in [0.2, 0.25) is 11.7 Å². The maximum atomic E-state index is 12.7. The van der Waals surface area contributed by atoms with Gasteiger partial charge in [0.25, 0.3) is 0 Å². The molecule has 7 heteroatoms. The fraction of sp³-hybridized carbons (Fsp3) is 0.435. The fourth-order valence-corrected chi connectivity index (χ4v) is 4.05. The first kappa shape index (κ1) is 22.2. The van der Waals surface area contributed by atoms with E-state index in [1.165, 1.54) is 0 Å². The van der Waals surface area contributed by atoms with Crippen LogP contribution in [-0.4, -0.2) is 45.2 Å². The number of likely N-dealkylation sites (tertiary alicyclic amines) is 1. The van der Waals surface area contributed by atoms with E-state index in [-0.39, 0.29) is 11.8 Å². The highest BCUT2D eigenvalue weighted by molar-refractivity contribution is 6.31. The Morgan fingerprint density at radius 3 is 2.33 bits per heavy atom. The molecule has 1 aliphatic rings. The molecule has 0 radical (unpaired) electrons. The molecule has 2 aromatic carbocycles. The minimum atomic E-state index is 0.0126. The number of halogens is 1. The Morgan fingerprint density at radius 1 is 1.00 bits per heavy atom. The minimum Gasteiger partial charge on any atom is -0.493 e. The molecular formula is C23H29ClN2O4. The molecule has 0 atom stereocenters. The largest absolute Gasteiger partial charge is 0.493 e. The number of hydrogen-bond acceptors (Lipinski definition) is 5. The van der Waals surface area contributed by atoms with E-state index in [4.69, 9.17) is 25.8 Å². The smallest absolute Gasteiger partial charge is 0.223 e. The Morgan fingerprint density at radius 2 is 1.70 bits per heavy atom. The molecule has 0 spiro atoms. The predicted molar refractivity (Wildman–Crippen MR) is 117 cm³/mol. The number of nitrogens with one attached hydrogen (secondary N) is 1. The van der Waals surface area contributed by atoms with Crippen LogP contribution in [0.3, 0.4) is 0 Å². The lowest BCUT2D eigenvalue weighted by molar-refractivity contribution is -0.126. The van der Waals surface area contributed by atoms with E-state index in [1.807, 2.05) is 30.3 Å². The number of benzene rings is 2. The van der Waals surface area contributed by atoms with Gasteiger partial charge in [-0.05, 0) is 49.7 Å². The summed E-state index contributed by atoms with van der Waals surface area (Å²) in [6.45, 7) is 2.95. The SMILES string of the molecule is COc1ccc(CNC(=O)C2CCN(Cc3ccccc3Cl)CC2)c(OC)c1OC. The first-order valence-corrected chi connectivity index (χ1v) is 10.5. The third-order valence-corrected chi connectivity index (χ3v) is 5.92. The van der Waals surface area contributed by atoms with E-state index in [1.54, 1.807) is 21.3 Å². The van der Waals surface area contributed by atoms with Crippen molar-refractivity contribution in [2.75, 3.05) is 34.4 Å². The number of carbonyl (C=O) groups excluding carboxylic acids is 1. The molecule has 1 amide bonds. The molecule has 1 saturated heterocycles. The Bertz CT molecular complexity index is 866. The number of nitrogens with zero attached hydrogens (tertiary/aromatic N) is 1. The maximum Gasteiger partial charge on any atom is 0.223 e. The van der Waals surface area contributed by atoms with Crippen molar-refractivity contribution in [1.82, 2.24) is 10.2 Å². The van der Waals surface area contributed by atoms with Crippen LogP contribution >= 0.6 is 11.6 Å². The summed E-state index contributed by atoms with van der Waals surface area (Å²) in [6, 6.07) is 11.6. The van der Waals surface area contributed by atoms with Crippen molar-refractivity contribution in [2.45, 2.75) is 25.9 Å². The molecule has 0 bridgehead atoms. The highest BCUT2D eigenvalue weighted by Gasteiger charge is 2.25. The van der Waals surface area contributed by atoms with E-state index in [9.17, 15) is 4.79 Å². The summed E-state index contributed by atoms with van der Waals surface area (Å²) >= 11 is 6.27. The molecule has 2 aromatic rings. The minimum absolute atomic E-state index is 0.0126. The summed E-state index contributed by atoms with van der Waals surface area (Å²) in [5, 5.41) is 3.84. The summed E-state index contributed by atoms with van der Waals surface area (Å²) in [5.41, 5.74) is 1.97. The van der Waals surface area contributed by atoms with Crippen LogP contribution in [0.15, 0.2) is 36.4 Å². The van der Waals surface area contributed by atoms with Crippen LogP contribution < -0.4 is 19.5 Å². The zero-order valence-corrected chi connectivity index (χ0v) is 18.5. The van der Waals surface area contributed by atoms with Gasteiger partial charge in [-0.25, -0.2) is 0 Å². The van der Waals surface area contributed by atoms with E-state index >= 15 is 0 Å². The van der Waals surface area contributed by atoms with E-state index < -0.39 is 0 Å². The van der Waals surface area contributed by atoms with E-state index in [2.05, 4.69) is 16.3 Å². The van der Waals surface area contributed by atoms with Crippen molar-refractivity contribution in [3.8, 4) is 17.2 Å². The molecule has 162 valence electrons. The standard InChI is InChI=1S/C23H29ClN2O4/c1-28-20-9-8-17(21(29-2)22(20)30-3)14-25-23(27)16-10-12-26(13-11-16)15-18-6-4-5-7-19(18)24/h4-9,16H,10-15H2,1-3H3,(H,25,27). The van der Waals surface area contributed by atoms with Crippen molar-refractivity contribution in [3.05, 3.63) is 52.5 Å². The predicted octanol–water partition coefficient (Wildman–Crippen LogP) is 3.89. The molecule has 6 nitrogen and oxygen atoms in total. The van der Waals surface area contributed by atoms with Crippen LogP contribution in [0.2, 0.25) is 5.02 Å². The van der Waals surface area contributed by atoms with Crippen LogP contribution in [0, 0.1) is 5.92 Å². The second-order valence-corrected chi connectivity index (χ2v) is 7.76. The second-order valence-electron chi connectivity index (χ2n) is 7.35. The number of carbonyl (C=O) groups is 1. The molecule has 30 heavy (non-hydrogen) atoms. The topological polar surface area (TPSA) is 60.0 Å². The van der Waals surface area contributed by atoms with Gasteiger partial charge in [0.1, 0.15) is 0 Å². The van der Waals surface area contributed by atoms with Crippen LogP contribution in [0.4, 0.5) is 0 Å². The van der Waals surface area contributed by atoms with Gasteiger partial charge in [-0.15, -0.1) is 0 Å². The first-order valence-electron chi connectivity index (χ1n) is 10.1. The molecule has 0 unspecified atom stereocenters. The Labute approximate surface area is 183 Å². The summed E-state index contributed by atoms with van der Waals surface area (Å²) in [4.78, 5) is 15.1. The second kappa shape index (κ2) is 10.5. The van der Waals surface area contributed by atoms with Crippen molar-refractivity contribution < 1.29 is 19.0 Å². The summed E-state index contributed by atoms with van der Waals surface area (Å²) in [6.07, 6.45) is 1.67. The zero-order valence-electron chi connectivity index (χ0n) is 17.7. The number of methoxy groups -OCH3 is 3. The van der Waals surface area contributed by atoms with Crippen LogP contribution in [0.1, 0.15) is 24.0 Å². The molecule has 1 aliphatic heterocycles. The summed E-state index contributed by atoms with van der Waals surface area (Å²) in [5.74, 6) is 1.78. The van der Waals surface area contributed by atoms with Gasteiger partial charge >= 0.3 is 0 Å². The first-order chi connectivity index (χ1) is 14.6. The molecule has 3 rings (SSSR count). The quantitative estimate of drug-likeness (QED) is 0.685. The number of hydrogen-bond donors (Lipinski definition) is 1. The molecule has 0 aliphatic carbocycles. The van der Waals surface area contributed by atoms with Crippen LogP contribution in [0.5, 0.6) is 17.2 Å². The van der Waals surface area contributed by atoms with Crippen LogP contribution in [-0.2, 0) is 17.9 Å². The highest BCUT2D eigenvalue weighted by Crippen LogP contribution is 2.39. The normalized spacial score (nSPS) is 14.9. The maximum absolute atomic E-state index is 12.7. The zero-order chi connectivity index (χ0) is 21.5. The Balaban J connectivity index is 1.54. The average molecular weight is 433 g/mol. The monoisotopic (exact) mass is 432 g/mol. The van der Waals surface area contributed by atoms with Gasteiger partial charge in [-0.2, -0.15) is 0 Å². The van der Waals surface area contributed by atoms with Gasteiger partial charge in [0.05, 0.1) is 21.3 Å². The molecule has 0 saturated carbocycles. The van der Waals surface area contributed by atoms with Crippen molar-refractivity contribution in [2.24, 2.45) is 5.92 Å².